The summed E-state index contributed by atoms with van der Waals surface area (Å²) in [5.41, 5.74) is 13.5. The molecule has 0 bridgehead atoms. The lowest BCUT2D eigenvalue weighted by molar-refractivity contribution is 1.17. The molecule has 226 valence electrons. The van der Waals surface area contributed by atoms with Crippen LogP contribution in [0.3, 0.4) is 0 Å². The maximum absolute atomic E-state index is 2.42. The van der Waals surface area contributed by atoms with Crippen LogP contribution in [0.5, 0.6) is 0 Å². The van der Waals surface area contributed by atoms with Crippen molar-refractivity contribution in [3.63, 3.8) is 0 Å². The lowest BCUT2D eigenvalue weighted by Gasteiger charge is -2.11. The average molecular weight is 631 g/mol. The number of fused-ring (bicyclic) bond motifs is 7. The van der Waals surface area contributed by atoms with Crippen molar-refractivity contribution >= 4 is 65.0 Å². The molecule has 48 heavy (non-hydrogen) atoms. The van der Waals surface area contributed by atoms with Crippen molar-refractivity contribution in [1.82, 2.24) is 9.13 Å². The van der Waals surface area contributed by atoms with Crippen LogP contribution in [0.2, 0.25) is 0 Å². The van der Waals surface area contributed by atoms with Crippen molar-refractivity contribution in [1.29, 1.82) is 0 Å². The van der Waals surface area contributed by atoms with Crippen LogP contribution >= 0.6 is 11.3 Å². The number of hydrogen-bond donors (Lipinski definition) is 0. The molecule has 0 unspecified atom stereocenters. The van der Waals surface area contributed by atoms with Crippen LogP contribution in [-0.4, -0.2) is 9.13 Å². The Labute approximate surface area is 282 Å². The molecule has 0 aliphatic heterocycles. The summed E-state index contributed by atoms with van der Waals surface area (Å²) in [5, 5.41) is 8.66. The highest BCUT2D eigenvalue weighted by Gasteiger charge is 2.17. The van der Waals surface area contributed by atoms with E-state index in [4.69, 9.17) is 0 Å². The maximum atomic E-state index is 2.42. The van der Waals surface area contributed by atoms with Gasteiger partial charge in [-0.1, -0.05) is 96.6 Å². The first kappa shape index (κ1) is 27.2. The van der Waals surface area contributed by atoms with Crippen LogP contribution in [0.15, 0.2) is 163 Å². The zero-order valence-electron chi connectivity index (χ0n) is 26.4. The Hall–Kier alpha value is -5.90. The number of aryl methyl sites for hydroxylation is 1. The van der Waals surface area contributed by atoms with Gasteiger partial charge in [-0.25, -0.2) is 0 Å². The maximum Gasteiger partial charge on any atom is 0.0541 e. The van der Waals surface area contributed by atoms with E-state index in [9.17, 15) is 0 Å². The van der Waals surface area contributed by atoms with Gasteiger partial charge in [0.25, 0.3) is 0 Å². The van der Waals surface area contributed by atoms with Gasteiger partial charge in [0, 0.05) is 48.6 Å². The zero-order chi connectivity index (χ0) is 31.8. The molecule has 3 aromatic heterocycles. The fourth-order valence-electron chi connectivity index (χ4n) is 7.57. The van der Waals surface area contributed by atoms with E-state index in [0.29, 0.717) is 0 Å². The molecule has 0 aliphatic carbocycles. The molecule has 0 atom stereocenters. The van der Waals surface area contributed by atoms with Gasteiger partial charge in [0.1, 0.15) is 0 Å². The first-order valence-electron chi connectivity index (χ1n) is 16.4. The first-order valence-corrected chi connectivity index (χ1v) is 17.3. The second-order valence-electron chi connectivity index (χ2n) is 12.7. The van der Waals surface area contributed by atoms with E-state index >= 15 is 0 Å². The van der Waals surface area contributed by atoms with E-state index < -0.39 is 0 Å². The van der Waals surface area contributed by atoms with E-state index in [1.807, 2.05) is 11.3 Å². The summed E-state index contributed by atoms with van der Waals surface area (Å²) in [7, 11) is 0. The largest absolute Gasteiger partial charge is 0.309 e. The van der Waals surface area contributed by atoms with E-state index in [1.165, 1.54) is 92.9 Å². The molecule has 3 heteroatoms. The average Bonchev–Trinajstić information content (AvgIpc) is 3.82. The monoisotopic (exact) mass is 630 g/mol. The van der Waals surface area contributed by atoms with Gasteiger partial charge >= 0.3 is 0 Å². The van der Waals surface area contributed by atoms with Gasteiger partial charge in [-0.3, -0.25) is 0 Å². The number of nitrogens with zero attached hydrogens (tertiary/aromatic N) is 2. The van der Waals surface area contributed by atoms with Gasteiger partial charge in [0.05, 0.1) is 22.1 Å². The highest BCUT2D eigenvalue weighted by atomic mass is 32.1. The molecule has 0 spiro atoms. The molecule has 3 heterocycles. The third kappa shape index (κ3) is 4.11. The third-order valence-electron chi connectivity index (χ3n) is 9.87. The molecule has 7 aromatic carbocycles. The predicted molar refractivity (Wildman–Crippen MR) is 206 cm³/mol. The van der Waals surface area contributed by atoms with Crippen LogP contribution in [0.25, 0.3) is 87.3 Å². The van der Waals surface area contributed by atoms with E-state index in [2.05, 4.69) is 179 Å². The Bertz CT molecular complexity index is 2840. The summed E-state index contributed by atoms with van der Waals surface area (Å²) in [6.07, 6.45) is 0. The highest BCUT2D eigenvalue weighted by Crippen LogP contribution is 2.40. The molecule has 2 nitrogen and oxygen atoms in total. The summed E-state index contributed by atoms with van der Waals surface area (Å²) in [6.45, 7) is 2.14. The SMILES string of the molecule is Cc1ccc(-n2c3ccccc3c3cc(-c4ccc5c(c4)c4ccccc4n5-c4cccc(-c5csc6ccccc56)c4)ccc32)cc1. The van der Waals surface area contributed by atoms with Crippen molar-refractivity contribution in [3.05, 3.63) is 169 Å². The van der Waals surface area contributed by atoms with Gasteiger partial charge in [0.2, 0.25) is 0 Å². The Balaban J connectivity index is 1.14. The van der Waals surface area contributed by atoms with Gasteiger partial charge in [0.15, 0.2) is 0 Å². The van der Waals surface area contributed by atoms with E-state index in [0.717, 1.165) is 0 Å². The van der Waals surface area contributed by atoms with Gasteiger partial charge in [-0.2, -0.15) is 0 Å². The van der Waals surface area contributed by atoms with E-state index in [1.54, 1.807) is 0 Å². The quantitative estimate of drug-likeness (QED) is 0.183. The molecular weight excluding hydrogens is 601 g/mol. The van der Waals surface area contributed by atoms with Crippen LogP contribution in [-0.2, 0) is 0 Å². The lowest BCUT2D eigenvalue weighted by atomic mass is 10.0. The fourth-order valence-corrected chi connectivity index (χ4v) is 8.54. The molecular formula is C45H30N2S. The smallest absolute Gasteiger partial charge is 0.0541 e. The Morgan fingerprint density at radius 3 is 1.62 bits per heavy atom. The minimum absolute atomic E-state index is 1.17. The van der Waals surface area contributed by atoms with Crippen LogP contribution < -0.4 is 0 Å². The first-order chi connectivity index (χ1) is 23.7. The summed E-state index contributed by atoms with van der Waals surface area (Å²) < 4.78 is 6.13. The molecule has 0 aliphatic rings. The molecule has 0 N–H and O–H groups in total. The minimum Gasteiger partial charge on any atom is -0.309 e. The fraction of sp³-hybridized carbons (Fsp3) is 0.0222. The molecule has 10 rings (SSSR count). The molecule has 0 saturated heterocycles. The number of rotatable bonds is 4. The minimum atomic E-state index is 1.17. The molecule has 0 amide bonds. The Morgan fingerprint density at radius 2 is 0.958 bits per heavy atom. The van der Waals surface area contributed by atoms with Gasteiger partial charge in [-0.05, 0) is 95.7 Å². The van der Waals surface area contributed by atoms with Crippen molar-refractivity contribution < 1.29 is 0 Å². The second kappa shape index (κ2) is 10.6. The predicted octanol–water partition coefficient (Wildman–Crippen LogP) is 12.7. The van der Waals surface area contributed by atoms with Crippen molar-refractivity contribution in [3.8, 4) is 33.6 Å². The van der Waals surface area contributed by atoms with Crippen LogP contribution in [0.4, 0.5) is 0 Å². The number of thiophene rings is 1. The number of para-hydroxylation sites is 2. The van der Waals surface area contributed by atoms with Gasteiger partial charge < -0.3 is 9.13 Å². The standard InChI is InChI=1S/C45H30N2S/c1-29-17-21-33(22-18-29)46-41-14-5-2-11-35(41)38-26-30(19-23-43(38)46)31-20-24-44-39(27-31)36-12-3-6-15-42(36)47(44)34-10-8-9-32(25-34)40-28-48-45-16-7-4-13-37(40)45/h2-28H,1H3. The van der Waals surface area contributed by atoms with E-state index in [-0.39, 0.29) is 0 Å². The third-order valence-corrected chi connectivity index (χ3v) is 10.8. The summed E-state index contributed by atoms with van der Waals surface area (Å²) in [4.78, 5) is 0. The second-order valence-corrected chi connectivity index (χ2v) is 13.6. The lowest BCUT2D eigenvalue weighted by Crippen LogP contribution is -1.94. The summed E-state index contributed by atoms with van der Waals surface area (Å²) >= 11 is 1.81. The molecule has 0 radical (unpaired) electrons. The zero-order valence-corrected chi connectivity index (χ0v) is 27.2. The Kier molecular flexibility index (Phi) is 5.99. The van der Waals surface area contributed by atoms with Crippen LogP contribution in [0, 0.1) is 6.92 Å². The molecule has 10 aromatic rings. The van der Waals surface area contributed by atoms with Crippen molar-refractivity contribution in [2.75, 3.05) is 0 Å². The number of hydrogen-bond acceptors (Lipinski definition) is 1. The Morgan fingerprint density at radius 1 is 0.396 bits per heavy atom. The van der Waals surface area contributed by atoms with Crippen molar-refractivity contribution in [2.45, 2.75) is 6.92 Å². The van der Waals surface area contributed by atoms with Gasteiger partial charge in [-0.15, -0.1) is 11.3 Å². The summed E-state index contributed by atoms with van der Waals surface area (Å²) in [6, 6.07) is 58.0. The number of benzene rings is 7. The van der Waals surface area contributed by atoms with Crippen molar-refractivity contribution in [2.24, 2.45) is 0 Å². The topological polar surface area (TPSA) is 9.86 Å². The van der Waals surface area contributed by atoms with Crippen LogP contribution in [0.1, 0.15) is 5.56 Å². The highest BCUT2D eigenvalue weighted by molar-refractivity contribution is 7.17. The summed E-state index contributed by atoms with van der Waals surface area (Å²) in [5.74, 6) is 0. The number of aromatic nitrogens is 2. The normalized spacial score (nSPS) is 11.9. The molecule has 0 fully saturated rings. The molecule has 0 saturated carbocycles.